The summed E-state index contributed by atoms with van der Waals surface area (Å²) in [5, 5.41) is 4.01. The zero-order valence-corrected chi connectivity index (χ0v) is 7.16. The Kier molecular flexibility index (Phi) is 1.71. The van der Waals surface area contributed by atoms with Gasteiger partial charge in [0.1, 0.15) is 5.78 Å². The maximum atomic E-state index is 11.3. The van der Waals surface area contributed by atoms with Gasteiger partial charge in [-0.3, -0.25) is 9.48 Å². The van der Waals surface area contributed by atoms with Gasteiger partial charge >= 0.3 is 0 Å². The van der Waals surface area contributed by atoms with E-state index >= 15 is 0 Å². The second kappa shape index (κ2) is 2.73. The first-order valence-electron chi connectivity index (χ1n) is 4.26. The van der Waals surface area contributed by atoms with Gasteiger partial charge in [0.05, 0.1) is 6.20 Å². The van der Waals surface area contributed by atoms with Crippen LogP contribution in [0.25, 0.3) is 0 Å². The molecular weight excluding hydrogens is 152 g/mol. The molecule has 2 rings (SSSR count). The summed E-state index contributed by atoms with van der Waals surface area (Å²) in [4.78, 5) is 11.3. The van der Waals surface area contributed by atoms with Crippen molar-refractivity contribution in [2.24, 2.45) is 13.0 Å². The molecule has 1 heterocycles. The lowest BCUT2D eigenvalue weighted by Gasteiger charge is -1.92. The number of hydrogen-bond acceptors (Lipinski definition) is 2. The minimum atomic E-state index is 0.366. The number of hydrogen-bond donors (Lipinski definition) is 0. The second-order valence-electron chi connectivity index (χ2n) is 3.44. The van der Waals surface area contributed by atoms with E-state index in [-0.39, 0.29) is 0 Å². The van der Waals surface area contributed by atoms with E-state index in [9.17, 15) is 4.79 Å². The third kappa shape index (κ3) is 1.55. The zero-order valence-electron chi connectivity index (χ0n) is 7.16. The highest BCUT2D eigenvalue weighted by Crippen LogP contribution is 2.30. The van der Waals surface area contributed by atoms with Crippen molar-refractivity contribution < 1.29 is 4.79 Å². The molecule has 1 fully saturated rings. The Morgan fingerprint density at radius 1 is 1.75 bits per heavy atom. The van der Waals surface area contributed by atoms with E-state index in [0.29, 0.717) is 18.1 Å². The SMILES string of the molecule is Cn1cc(CC(=O)C2CC2)cn1. The minimum Gasteiger partial charge on any atom is -0.299 e. The van der Waals surface area contributed by atoms with Gasteiger partial charge in [0.2, 0.25) is 0 Å². The molecule has 0 aromatic carbocycles. The molecule has 0 aliphatic heterocycles. The van der Waals surface area contributed by atoms with E-state index in [1.165, 1.54) is 0 Å². The topological polar surface area (TPSA) is 34.9 Å². The van der Waals surface area contributed by atoms with Crippen LogP contribution in [-0.2, 0) is 18.3 Å². The molecule has 0 bridgehead atoms. The predicted octanol–water partition coefficient (Wildman–Crippen LogP) is 0.942. The fraction of sp³-hybridized carbons (Fsp3) is 0.556. The summed E-state index contributed by atoms with van der Waals surface area (Å²) >= 11 is 0. The van der Waals surface area contributed by atoms with Gasteiger partial charge < -0.3 is 0 Å². The molecule has 0 atom stereocenters. The summed E-state index contributed by atoms with van der Waals surface area (Å²) in [5.41, 5.74) is 1.04. The monoisotopic (exact) mass is 164 g/mol. The first-order chi connectivity index (χ1) is 5.75. The number of rotatable bonds is 3. The smallest absolute Gasteiger partial charge is 0.140 e. The van der Waals surface area contributed by atoms with E-state index in [1.54, 1.807) is 10.9 Å². The molecule has 0 amide bonds. The van der Waals surface area contributed by atoms with Crippen molar-refractivity contribution in [2.45, 2.75) is 19.3 Å². The molecule has 0 N–H and O–H groups in total. The molecule has 12 heavy (non-hydrogen) atoms. The fourth-order valence-corrected chi connectivity index (χ4v) is 1.31. The van der Waals surface area contributed by atoms with Gasteiger partial charge in [0.15, 0.2) is 0 Å². The number of nitrogens with zero attached hydrogens (tertiary/aromatic N) is 2. The number of carbonyl (C=O) groups excluding carboxylic acids is 1. The molecule has 1 aliphatic carbocycles. The molecule has 64 valence electrons. The third-order valence-electron chi connectivity index (χ3n) is 2.17. The standard InChI is InChI=1S/C9H12N2O/c1-11-6-7(5-10-11)4-9(12)8-2-3-8/h5-6,8H,2-4H2,1H3. The molecule has 1 aliphatic rings. The van der Waals surface area contributed by atoms with Crippen molar-refractivity contribution in [3.8, 4) is 0 Å². The number of ketones is 1. The van der Waals surface area contributed by atoms with Crippen molar-refractivity contribution in [1.82, 2.24) is 9.78 Å². The van der Waals surface area contributed by atoms with Crippen LogP contribution in [0, 0.1) is 5.92 Å². The van der Waals surface area contributed by atoms with E-state index in [0.717, 1.165) is 18.4 Å². The zero-order chi connectivity index (χ0) is 8.55. The Labute approximate surface area is 71.4 Å². The summed E-state index contributed by atoms with van der Waals surface area (Å²) in [6.07, 6.45) is 6.43. The number of Topliss-reactive ketones (excluding diaryl/α,β-unsaturated/α-hetero) is 1. The normalized spacial score (nSPS) is 16.4. The number of aromatic nitrogens is 2. The van der Waals surface area contributed by atoms with Crippen molar-refractivity contribution >= 4 is 5.78 Å². The summed E-state index contributed by atoms with van der Waals surface area (Å²) in [6.45, 7) is 0. The molecule has 1 aromatic rings. The first-order valence-corrected chi connectivity index (χ1v) is 4.26. The Morgan fingerprint density at radius 3 is 3.00 bits per heavy atom. The summed E-state index contributed by atoms with van der Waals surface area (Å²) in [7, 11) is 1.87. The van der Waals surface area contributed by atoms with Gasteiger partial charge in [-0.15, -0.1) is 0 Å². The van der Waals surface area contributed by atoms with Crippen LogP contribution < -0.4 is 0 Å². The van der Waals surface area contributed by atoms with E-state index in [1.807, 2.05) is 13.2 Å². The van der Waals surface area contributed by atoms with Crippen LogP contribution in [0.1, 0.15) is 18.4 Å². The highest BCUT2D eigenvalue weighted by molar-refractivity contribution is 5.85. The predicted molar refractivity (Wildman–Crippen MR) is 44.6 cm³/mol. The highest BCUT2D eigenvalue weighted by atomic mass is 16.1. The number of carbonyl (C=O) groups is 1. The van der Waals surface area contributed by atoms with Gasteiger partial charge in [-0.25, -0.2) is 0 Å². The van der Waals surface area contributed by atoms with Gasteiger partial charge in [-0.05, 0) is 18.4 Å². The first kappa shape index (κ1) is 7.53. The second-order valence-corrected chi connectivity index (χ2v) is 3.44. The van der Waals surface area contributed by atoms with E-state index in [2.05, 4.69) is 5.10 Å². The van der Waals surface area contributed by atoms with Crippen LogP contribution in [0.4, 0.5) is 0 Å². The maximum absolute atomic E-state index is 11.3. The quantitative estimate of drug-likeness (QED) is 0.666. The Hall–Kier alpha value is -1.12. The van der Waals surface area contributed by atoms with Crippen LogP contribution in [0.3, 0.4) is 0 Å². The molecule has 3 nitrogen and oxygen atoms in total. The summed E-state index contributed by atoms with van der Waals surface area (Å²) in [5.74, 6) is 0.744. The molecule has 0 unspecified atom stereocenters. The van der Waals surface area contributed by atoms with Crippen LogP contribution in [-0.4, -0.2) is 15.6 Å². The van der Waals surface area contributed by atoms with Crippen LogP contribution in [0.2, 0.25) is 0 Å². The van der Waals surface area contributed by atoms with Crippen LogP contribution in [0.5, 0.6) is 0 Å². The third-order valence-corrected chi connectivity index (χ3v) is 2.17. The lowest BCUT2D eigenvalue weighted by molar-refractivity contribution is -0.119. The highest BCUT2D eigenvalue weighted by Gasteiger charge is 2.29. The average Bonchev–Trinajstić information content (AvgIpc) is 2.78. The molecule has 0 radical (unpaired) electrons. The molecule has 0 saturated heterocycles. The number of aryl methyl sites for hydroxylation is 1. The molecule has 1 aromatic heterocycles. The van der Waals surface area contributed by atoms with Gasteiger partial charge in [-0.1, -0.05) is 0 Å². The molecule has 1 saturated carbocycles. The van der Waals surface area contributed by atoms with Crippen molar-refractivity contribution in [1.29, 1.82) is 0 Å². The van der Waals surface area contributed by atoms with Crippen molar-refractivity contribution in [3.63, 3.8) is 0 Å². The Balaban J connectivity index is 1.98. The largest absolute Gasteiger partial charge is 0.299 e. The summed E-state index contributed by atoms with van der Waals surface area (Å²) < 4.78 is 1.73. The lowest BCUT2D eigenvalue weighted by atomic mass is 10.1. The fourth-order valence-electron chi connectivity index (χ4n) is 1.31. The van der Waals surface area contributed by atoms with Gasteiger partial charge in [-0.2, -0.15) is 5.10 Å². The lowest BCUT2D eigenvalue weighted by Crippen LogP contribution is -2.03. The van der Waals surface area contributed by atoms with E-state index < -0.39 is 0 Å². The Morgan fingerprint density at radius 2 is 2.50 bits per heavy atom. The minimum absolute atomic E-state index is 0.366. The molecule has 0 spiro atoms. The van der Waals surface area contributed by atoms with E-state index in [4.69, 9.17) is 0 Å². The average molecular weight is 164 g/mol. The van der Waals surface area contributed by atoms with Crippen molar-refractivity contribution in [2.75, 3.05) is 0 Å². The van der Waals surface area contributed by atoms with Gasteiger partial charge in [0.25, 0.3) is 0 Å². The molecule has 3 heteroatoms. The van der Waals surface area contributed by atoms with Crippen LogP contribution >= 0.6 is 0 Å². The van der Waals surface area contributed by atoms with Crippen LogP contribution in [0.15, 0.2) is 12.4 Å². The Bertz CT molecular complexity index is 299. The maximum Gasteiger partial charge on any atom is 0.140 e. The summed E-state index contributed by atoms with van der Waals surface area (Å²) in [6, 6.07) is 0. The van der Waals surface area contributed by atoms with Crippen molar-refractivity contribution in [3.05, 3.63) is 18.0 Å². The molecular formula is C9H12N2O. The van der Waals surface area contributed by atoms with Gasteiger partial charge in [0, 0.05) is 25.6 Å².